The molecule has 3 aromatic rings. The Hall–Kier alpha value is -3.61. The van der Waals surface area contributed by atoms with Crippen molar-refractivity contribution in [2.24, 2.45) is 0 Å². The first-order valence-corrected chi connectivity index (χ1v) is 10.2. The predicted molar refractivity (Wildman–Crippen MR) is 117 cm³/mol. The summed E-state index contributed by atoms with van der Waals surface area (Å²) in [4.78, 5) is 41.5. The molecule has 0 bridgehead atoms. The van der Waals surface area contributed by atoms with E-state index in [1.165, 1.54) is 7.11 Å². The zero-order valence-corrected chi connectivity index (χ0v) is 17.6. The van der Waals surface area contributed by atoms with Crippen LogP contribution in [0.5, 0.6) is 0 Å². The Morgan fingerprint density at radius 3 is 2.39 bits per heavy atom. The number of nitrogens with zero attached hydrogens (tertiary/aromatic N) is 2. The standard InChI is InChI=1S/C24H24N2O5/c1-16-20(27)18-10-6-11-19(22(18)31-21(16)17-8-4-3-5-9-17)23(28)25-12-7-13-26(15-14-25)24(29)30-2/h3-6,8-11H,7,12-15H2,1-2H3. The van der Waals surface area contributed by atoms with Crippen LogP contribution in [0.15, 0.2) is 57.7 Å². The number of amides is 2. The highest BCUT2D eigenvalue weighted by atomic mass is 16.5. The maximum atomic E-state index is 13.4. The molecule has 160 valence electrons. The summed E-state index contributed by atoms with van der Waals surface area (Å²) in [5.41, 5.74) is 1.77. The number of para-hydroxylation sites is 1. The Morgan fingerprint density at radius 1 is 0.935 bits per heavy atom. The number of methoxy groups -OCH3 is 1. The maximum Gasteiger partial charge on any atom is 0.409 e. The lowest BCUT2D eigenvalue weighted by atomic mass is 10.0. The number of carbonyl (C=O) groups excluding carboxylic acids is 2. The van der Waals surface area contributed by atoms with Crippen LogP contribution in [0.1, 0.15) is 22.3 Å². The third-order valence-corrected chi connectivity index (χ3v) is 5.63. The normalized spacial score (nSPS) is 14.4. The largest absolute Gasteiger partial charge is 0.455 e. The quantitative estimate of drug-likeness (QED) is 0.632. The van der Waals surface area contributed by atoms with Gasteiger partial charge in [0.25, 0.3) is 5.91 Å². The lowest BCUT2D eigenvalue weighted by Gasteiger charge is -2.22. The van der Waals surface area contributed by atoms with Gasteiger partial charge < -0.3 is 19.0 Å². The van der Waals surface area contributed by atoms with Gasteiger partial charge in [-0.1, -0.05) is 36.4 Å². The zero-order valence-electron chi connectivity index (χ0n) is 17.6. The van der Waals surface area contributed by atoms with Crippen molar-refractivity contribution in [2.45, 2.75) is 13.3 Å². The van der Waals surface area contributed by atoms with E-state index in [0.717, 1.165) is 5.56 Å². The molecule has 0 N–H and O–H groups in total. The van der Waals surface area contributed by atoms with Crippen molar-refractivity contribution in [3.05, 3.63) is 69.9 Å². The van der Waals surface area contributed by atoms with Crippen molar-refractivity contribution in [2.75, 3.05) is 33.3 Å². The Bertz CT molecular complexity index is 1190. The number of carbonyl (C=O) groups is 2. The molecule has 31 heavy (non-hydrogen) atoms. The topological polar surface area (TPSA) is 80.1 Å². The van der Waals surface area contributed by atoms with Crippen molar-refractivity contribution in [3.63, 3.8) is 0 Å². The monoisotopic (exact) mass is 420 g/mol. The molecule has 1 aliphatic heterocycles. The maximum absolute atomic E-state index is 13.4. The smallest absolute Gasteiger partial charge is 0.409 e. The van der Waals surface area contributed by atoms with Crippen LogP contribution in [-0.2, 0) is 4.74 Å². The van der Waals surface area contributed by atoms with Gasteiger partial charge in [-0.05, 0) is 25.5 Å². The Morgan fingerprint density at radius 2 is 1.65 bits per heavy atom. The molecule has 2 heterocycles. The van der Waals surface area contributed by atoms with Crippen LogP contribution in [-0.4, -0.2) is 55.1 Å². The van der Waals surface area contributed by atoms with Gasteiger partial charge in [-0.3, -0.25) is 9.59 Å². The van der Waals surface area contributed by atoms with E-state index in [1.54, 1.807) is 34.9 Å². The van der Waals surface area contributed by atoms with Gasteiger partial charge in [0.15, 0.2) is 11.0 Å². The predicted octanol–water partition coefficient (Wildman–Crippen LogP) is 3.68. The Labute approximate surface area is 179 Å². The molecular weight excluding hydrogens is 396 g/mol. The average molecular weight is 420 g/mol. The number of benzene rings is 2. The lowest BCUT2D eigenvalue weighted by molar-refractivity contribution is 0.0758. The lowest BCUT2D eigenvalue weighted by Crippen LogP contribution is -2.37. The van der Waals surface area contributed by atoms with E-state index in [0.29, 0.717) is 54.9 Å². The molecule has 7 nitrogen and oxygen atoms in total. The molecule has 0 radical (unpaired) electrons. The third kappa shape index (κ3) is 3.91. The molecule has 0 aliphatic carbocycles. The van der Waals surface area contributed by atoms with Crippen LogP contribution in [0.25, 0.3) is 22.3 Å². The minimum atomic E-state index is -0.395. The van der Waals surface area contributed by atoms with E-state index < -0.39 is 6.09 Å². The molecule has 0 unspecified atom stereocenters. The summed E-state index contributed by atoms with van der Waals surface area (Å²) in [5, 5.41) is 0.383. The summed E-state index contributed by atoms with van der Waals surface area (Å²) in [5.74, 6) is 0.245. The van der Waals surface area contributed by atoms with E-state index >= 15 is 0 Å². The molecule has 1 fully saturated rings. The summed E-state index contributed by atoms with van der Waals surface area (Å²) in [6, 6.07) is 14.5. The Kier molecular flexibility index (Phi) is 5.75. The molecule has 0 saturated carbocycles. The van der Waals surface area contributed by atoms with E-state index in [1.807, 2.05) is 30.3 Å². The molecule has 7 heteroatoms. The molecule has 1 aliphatic rings. The van der Waals surface area contributed by atoms with Crippen molar-refractivity contribution >= 4 is 23.0 Å². The zero-order chi connectivity index (χ0) is 22.0. The van der Waals surface area contributed by atoms with Gasteiger partial charge in [0.05, 0.1) is 18.1 Å². The second-order valence-electron chi connectivity index (χ2n) is 7.54. The summed E-state index contributed by atoms with van der Waals surface area (Å²) >= 11 is 0. The van der Waals surface area contributed by atoms with E-state index in [2.05, 4.69) is 0 Å². The second kappa shape index (κ2) is 8.63. The molecule has 2 amide bonds. The van der Waals surface area contributed by atoms with Gasteiger partial charge in [-0.2, -0.15) is 0 Å². The Balaban J connectivity index is 1.74. The molecule has 4 rings (SSSR count). The van der Waals surface area contributed by atoms with Crippen molar-refractivity contribution in [1.29, 1.82) is 0 Å². The van der Waals surface area contributed by atoms with E-state index in [-0.39, 0.29) is 16.9 Å². The highest BCUT2D eigenvalue weighted by Gasteiger charge is 2.26. The summed E-state index contributed by atoms with van der Waals surface area (Å²) in [7, 11) is 1.35. The third-order valence-electron chi connectivity index (χ3n) is 5.63. The average Bonchev–Trinajstić information content (AvgIpc) is 3.07. The van der Waals surface area contributed by atoms with Gasteiger partial charge in [0.2, 0.25) is 0 Å². The van der Waals surface area contributed by atoms with Crippen molar-refractivity contribution < 1.29 is 18.7 Å². The van der Waals surface area contributed by atoms with Gasteiger partial charge in [-0.25, -0.2) is 4.79 Å². The number of hydrogen-bond acceptors (Lipinski definition) is 5. The highest BCUT2D eigenvalue weighted by Crippen LogP contribution is 2.28. The first-order valence-electron chi connectivity index (χ1n) is 10.2. The van der Waals surface area contributed by atoms with Crippen LogP contribution >= 0.6 is 0 Å². The SMILES string of the molecule is COC(=O)N1CCCN(C(=O)c2cccc3c(=O)c(C)c(-c4ccccc4)oc23)CC1. The minimum absolute atomic E-state index is 0.150. The molecular formula is C24H24N2O5. The molecule has 1 saturated heterocycles. The minimum Gasteiger partial charge on any atom is -0.455 e. The van der Waals surface area contributed by atoms with Crippen LogP contribution in [0.4, 0.5) is 4.79 Å². The van der Waals surface area contributed by atoms with Gasteiger partial charge >= 0.3 is 6.09 Å². The first kappa shape index (κ1) is 20.7. The first-order chi connectivity index (χ1) is 15.0. The summed E-state index contributed by atoms with van der Waals surface area (Å²) in [6.45, 7) is 3.54. The van der Waals surface area contributed by atoms with Crippen LogP contribution in [0, 0.1) is 6.92 Å². The van der Waals surface area contributed by atoms with Crippen molar-refractivity contribution in [3.8, 4) is 11.3 Å². The summed E-state index contributed by atoms with van der Waals surface area (Å²) in [6.07, 6.45) is 0.248. The van der Waals surface area contributed by atoms with E-state index in [9.17, 15) is 14.4 Å². The molecule has 1 aromatic heterocycles. The molecule has 2 aromatic carbocycles. The van der Waals surface area contributed by atoms with Crippen LogP contribution in [0.2, 0.25) is 0 Å². The van der Waals surface area contributed by atoms with Crippen molar-refractivity contribution in [1.82, 2.24) is 9.80 Å². The fourth-order valence-corrected chi connectivity index (χ4v) is 3.95. The van der Waals surface area contributed by atoms with Crippen LogP contribution < -0.4 is 5.43 Å². The van der Waals surface area contributed by atoms with Gasteiger partial charge in [-0.15, -0.1) is 0 Å². The van der Waals surface area contributed by atoms with E-state index in [4.69, 9.17) is 9.15 Å². The number of rotatable bonds is 2. The summed E-state index contributed by atoms with van der Waals surface area (Å²) < 4.78 is 11.0. The fraction of sp³-hybridized carbons (Fsp3) is 0.292. The number of ether oxygens (including phenoxy) is 1. The highest BCUT2D eigenvalue weighted by molar-refractivity contribution is 6.05. The van der Waals surface area contributed by atoms with Crippen LogP contribution in [0.3, 0.4) is 0 Å². The van der Waals surface area contributed by atoms with Gasteiger partial charge in [0.1, 0.15) is 5.76 Å². The number of fused-ring (bicyclic) bond motifs is 1. The molecule has 0 spiro atoms. The van der Waals surface area contributed by atoms with Gasteiger partial charge in [0, 0.05) is 37.3 Å². The molecule has 0 atom stereocenters. The fourth-order valence-electron chi connectivity index (χ4n) is 3.95. The second-order valence-corrected chi connectivity index (χ2v) is 7.54. The number of hydrogen-bond donors (Lipinski definition) is 0.